The first-order valence-corrected chi connectivity index (χ1v) is 11.1. The van der Waals surface area contributed by atoms with Crippen molar-refractivity contribution in [1.29, 1.82) is 0 Å². The van der Waals surface area contributed by atoms with E-state index in [9.17, 15) is 5.11 Å². The molecule has 3 heteroatoms. The lowest BCUT2D eigenvalue weighted by Crippen LogP contribution is -2.24. The molecule has 0 heterocycles. The molecule has 0 atom stereocenters. The van der Waals surface area contributed by atoms with Crippen molar-refractivity contribution in [3.05, 3.63) is 24.3 Å². The van der Waals surface area contributed by atoms with Gasteiger partial charge in [0.2, 0.25) is 0 Å². The molecule has 0 spiro atoms. The largest absolute Gasteiger partial charge is 0.508 e. The van der Waals surface area contributed by atoms with Gasteiger partial charge in [0.25, 0.3) is 0 Å². The SMILES string of the molecule is CCCC[P+]([B]c1cccc(O)c1)(CCCC)CCCC. The molecule has 1 rings (SSSR count). The second kappa shape index (κ2) is 10.3. The summed E-state index contributed by atoms with van der Waals surface area (Å²) in [5.74, 6) is 0.392. The van der Waals surface area contributed by atoms with Crippen LogP contribution in [0.15, 0.2) is 24.3 Å². The summed E-state index contributed by atoms with van der Waals surface area (Å²) in [4.78, 5) is 0. The van der Waals surface area contributed by atoms with Crippen molar-refractivity contribution in [2.45, 2.75) is 59.3 Å². The summed E-state index contributed by atoms with van der Waals surface area (Å²) in [5, 5.41) is 9.73. The zero-order valence-corrected chi connectivity index (χ0v) is 15.0. The Hall–Kier alpha value is -0.485. The Balaban J connectivity index is 2.88. The van der Waals surface area contributed by atoms with E-state index in [-0.39, 0.29) is 0 Å². The molecule has 0 aliphatic heterocycles. The van der Waals surface area contributed by atoms with E-state index in [0.29, 0.717) is 5.75 Å². The Morgan fingerprint density at radius 2 is 1.43 bits per heavy atom. The van der Waals surface area contributed by atoms with E-state index in [0.717, 1.165) is 0 Å². The first-order valence-electron chi connectivity index (χ1n) is 8.66. The molecule has 0 aromatic heterocycles. The number of unbranched alkanes of at least 4 members (excludes halogenated alkanes) is 3. The molecule has 0 bridgehead atoms. The van der Waals surface area contributed by atoms with Crippen LogP contribution in [0.25, 0.3) is 0 Å². The zero-order valence-electron chi connectivity index (χ0n) is 14.1. The van der Waals surface area contributed by atoms with Crippen LogP contribution in [-0.2, 0) is 0 Å². The van der Waals surface area contributed by atoms with Gasteiger partial charge in [-0.3, -0.25) is 0 Å². The lowest BCUT2D eigenvalue weighted by Gasteiger charge is -2.27. The van der Waals surface area contributed by atoms with Crippen LogP contribution in [0, 0.1) is 0 Å². The lowest BCUT2D eigenvalue weighted by molar-refractivity contribution is 0.476. The molecule has 0 unspecified atom stereocenters. The maximum absolute atomic E-state index is 9.73. The van der Waals surface area contributed by atoms with Crippen molar-refractivity contribution >= 4 is 19.6 Å². The van der Waals surface area contributed by atoms with Gasteiger partial charge >= 0.3 is 7.00 Å². The van der Waals surface area contributed by atoms with E-state index in [2.05, 4.69) is 33.8 Å². The van der Waals surface area contributed by atoms with Gasteiger partial charge in [-0.05, 0) is 44.0 Å². The number of phenolic OH excluding ortho intramolecular Hbond substituents is 1. The molecule has 0 amide bonds. The summed E-state index contributed by atoms with van der Waals surface area (Å²) >= 11 is 0. The fourth-order valence-electron chi connectivity index (χ4n) is 2.87. The third kappa shape index (κ3) is 6.87. The number of phenols is 1. The molecule has 1 nitrogen and oxygen atoms in total. The van der Waals surface area contributed by atoms with Gasteiger partial charge in [0.1, 0.15) is 5.75 Å². The van der Waals surface area contributed by atoms with Crippen molar-refractivity contribution in [2.24, 2.45) is 0 Å². The first-order chi connectivity index (χ1) is 10.2. The maximum Gasteiger partial charge on any atom is 0.395 e. The van der Waals surface area contributed by atoms with Gasteiger partial charge in [-0.1, -0.05) is 52.2 Å². The predicted molar refractivity (Wildman–Crippen MR) is 99.7 cm³/mol. The van der Waals surface area contributed by atoms with Gasteiger partial charge in [0.15, 0.2) is 0 Å². The summed E-state index contributed by atoms with van der Waals surface area (Å²) in [6.07, 6.45) is 12.1. The molecule has 1 aromatic carbocycles. The van der Waals surface area contributed by atoms with E-state index in [1.54, 1.807) is 6.07 Å². The Kier molecular flexibility index (Phi) is 9.08. The number of hydrogen-bond acceptors (Lipinski definition) is 1. The van der Waals surface area contributed by atoms with Crippen molar-refractivity contribution < 1.29 is 5.11 Å². The zero-order chi connectivity index (χ0) is 15.6. The second-order valence-corrected chi connectivity index (χ2v) is 10.2. The average molecular weight is 306 g/mol. The van der Waals surface area contributed by atoms with Crippen LogP contribution in [-0.4, -0.2) is 30.6 Å². The molecule has 0 fully saturated rings. The molecule has 1 aromatic rings. The second-order valence-electron chi connectivity index (χ2n) is 6.17. The van der Waals surface area contributed by atoms with Gasteiger partial charge in [-0.25, -0.2) is 0 Å². The summed E-state index contributed by atoms with van der Waals surface area (Å²) in [6.45, 7) is 9.45. The fraction of sp³-hybridized carbons (Fsp3) is 0.667. The van der Waals surface area contributed by atoms with Gasteiger partial charge in [0.05, 0.1) is 0 Å². The molecule has 0 saturated heterocycles. The minimum atomic E-state index is -1.02. The van der Waals surface area contributed by atoms with Crippen molar-refractivity contribution in [3.8, 4) is 5.75 Å². The minimum absolute atomic E-state index is 0.392. The van der Waals surface area contributed by atoms with Crippen LogP contribution in [0.2, 0.25) is 0 Å². The van der Waals surface area contributed by atoms with Crippen LogP contribution in [0.4, 0.5) is 0 Å². The van der Waals surface area contributed by atoms with Crippen LogP contribution in [0.1, 0.15) is 59.3 Å². The summed E-state index contributed by atoms with van der Waals surface area (Å²) < 4.78 is 0. The Morgan fingerprint density at radius 1 is 0.905 bits per heavy atom. The smallest absolute Gasteiger partial charge is 0.395 e. The van der Waals surface area contributed by atoms with Crippen molar-refractivity contribution in [3.63, 3.8) is 0 Å². The van der Waals surface area contributed by atoms with E-state index in [4.69, 9.17) is 0 Å². The highest BCUT2D eigenvalue weighted by molar-refractivity contribution is 8.02. The Bertz CT molecular complexity index is 373. The Labute approximate surface area is 133 Å². The van der Waals surface area contributed by atoms with Crippen LogP contribution >= 0.6 is 7.14 Å². The molecular formula is C18H32BOP+. The quantitative estimate of drug-likeness (QED) is 0.448. The highest BCUT2D eigenvalue weighted by Gasteiger charge is 2.37. The van der Waals surface area contributed by atoms with Crippen molar-refractivity contribution in [1.82, 2.24) is 0 Å². The van der Waals surface area contributed by atoms with Gasteiger partial charge in [0, 0.05) is 18.5 Å². The molecule has 1 N–H and O–H groups in total. The molecule has 21 heavy (non-hydrogen) atoms. The summed E-state index contributed by atoms with van der Waals surface area (Å²) in [6, 6.07) is 7.81. The fourth-order valence-corrected chi connectivity index (χ4v) is 7.56. The average Bonchev–Trinajstić information content (AvgIpc) is 2.48. The van der Waals surface area contributed by atoms with Crippen LogP contribution in [0.5, 0.6) is 5.75 Å². The minimum Gasteiger partial charge on any atom is -0.508 e. The van der Waals surface area contributed by atoms with E-state index < -0.39 is 7.14 Å². The first kappa shape index (κ1) is 18.6. The van der Waals surface area contributed by atoms with Crippen LogP contribution < -0.4 is 5.46 Å². The standard InChI is InChI=1S/C18H32BOP/c1-4-7-13-21(14-8-5-2,15-9-6-3)19-17-11-10-12-18(20)16-17/h10-12,16,20H,4-9,13-15H2,1-3H3/q+1. The van der Waals surface area contributed by atoms with E-state index >= 15 is 0 Å². The third-order valence-corrected chi connectivity index (χ3v) is 8.63. The van der Waals surface area contributed by atoms with Crippen molar-refractivity contribution in [2.75, 3.05) is 18.5 Å². The van der Waals surface area contributed by atoms with Gasteiger partial charge < -0.3 is 5.11 Å². The van der Waals surface area contributed by atoms with E-state index in [1.807, 2.05) is 12.1 Å². The number of aromatic hydroxyl groups is 1. The number of rotatable bonds is 11. The highest BCUT2D eigenvalue weighted by Crippen LogP contribution is 2.58. The van der Waals surface area contributed by atoms with Gasteiger partial charge in [-0.2, -0.15) is 0 Å². The van der Waals surface area contributed by atoms with Crippen LogP contribution in [0.3, 0.4) is 0 Å². The monoisotopic (exact) mass is 306 g/mol. The number of benzene rings is 1. The topological polar surface area (TPSA) is 20.2 Å². The summed E-state index contributed by atoms with van der Waals surface area (Å²) in [7, 11) is -1.02. The molecule has 117 valence electrons. The maximum atomic E-state index is 9.73. The molecule has 1 radical (unpaired) electrons. The molecule has 0 saturated carbocycles. The lowest BCUT2D eigenvalue weighted by atomic mass is 9.94. The molecule has 0 aliphatic rings. The predicted octanol–water partition coefficient (Wildman–Crippen LogP) is 5.05. The van der Waals surface area contributed by atoms with E-state index in [1.165, 1.54) is 62.5 Å². The summed E-state index contributed by atoms with van der Waals surface area (Å²) in [5.41, 5.74) is 1.23. The Morgan fingerprint density at radius 3 is 1.86 bits per heavy atom. The molecule has 0 aliphatic carbocycles. The number of hydrogen-bond donors (Lipinski definition) is 1. The van der Waals surface area contributed by atoms with Gasteiger partial charge in [-0.15, -0.1) is 0 Å². The normalized spacial score (nSPS) is 11.6. The third-order valence-electron chi connectivity index (χ3n) is 4.16. The molecular weight excluding hydrogens is 274 g/mol. The highest BCUT2D eigenvalue weighted by atomic mass is 31.2.